The Morgan fingerprint density at radius 1 is 1.33 bits per heavy atom. The zero-order valence-corrected chi connectivity index (χ0v) is 17.8. The van der Waals surface area contributed by atoms with Crippen molar-refractivity contribution in [3.8, 4) is 0 Å². The molecule has 1 aromatic carbocycles. The summed E-state index contributed by atoms with van der Waals surface area (Å²) in [5, 5.41) is 11.4. The van der Waals surface area contributed by atoms with E-state index in [9.17, 15) is 14.3 Å². The molecule has 1 N–H and O–H groups in total. The Hall–Kier alpha value is -1.83. The first-order valence-electron chi connectivity index (χ1n) is 9.03. The molecule has 0 saturated carbocycles. The van der Waals surface area contributed by atoms with Gasteiger partial charge in [-0.1, -0.05) is 20.8 Å². The van der Waals surface area contributed by atoms with E-state index in [4.69, 9.17) is 9.16 Å². The molecular weight excluding hydrogens is 365 g/mol. The molecule has 0 radical (unpaired) electrons. The highest BCUT2D eigenvalue weighted by Gasteiger charge is 2.37. The Kier molecular flexibility index (Phi) is 6.39. The molecule has 0 aliphatic rings. The Morgan fingerprint density at radius 2 is 2.00 bits per heavy atom. The average Bonchev–Trinajstić information content (AvgIpc) is 2.58. The normalized spacial score (nSPS) is 13.6. The van der Waals surface area contributed by atoms with Gasteiger partial charge in [0.1, 0.15) is 5.82 Å². The summed E-state index contributed by atoms with van der Waals surface area (Å²) in [6.07, 6.45) is 1.41. The van der Waals surface area contributed by atoms with Crippen LogP contribution in [0.25, 0.3) is 10.8 Å². The highest BCUT2D eigenvalue weighted by molar-refractivity contribution is 6.74. The van der Waals surface area contributed by atoms with Gasteiger partial charge in [-0.3, -0.25) is 4.98 Å². The van der Waals surface area contributed by atoms with Crippen LogP contribution >= 0.6 is 0 Å². The van der Waals surface area contributed by atoms with Crippen molar-refractivity contribution in [3.63, 3.8) is 0 Å². The number of hydrogen-bond donors (Lipinski definition) is 1. The predicted octanol–water partition coefficient (Wildman–Crippen LogP) is 4.49. The Morgan fingerprint density at radius 3 is 2.59 bits per heavy atom. The lowest BCUT2D eigenvalue weighted by molar-refractivity contribution is -0.153. The van der Waals surface area contributed by atoms with Crippen molar-refractivity contribution in [1.82, 2.24) is 4.98 Å². The van der Waals surface area contributed by atoms with Crippen LogP contribution in [0.4, 0.5) is 4.39 Å². The molecule has 27 heavy (non-hydrogen) atoms. The maximum Gasteiger partial charge on any atom is 0.339 e. The molecule has 0 saturated heterocycles. The van der Waals surface area contributed by atoms with Gasteiger partial charge in [0.05, 0.1) is 13.2 Å². The highest BCUT2D eigenvalue weighted by atomic mass is 28.4. The summed E-state index contributed by atoms with van der Waals surface area (Å²) in [4.78, 5) is 16.0. The smallest absolute Gasteiger partial charge is 0.339 e. The quantitative estimate of drug-likeness (QED) is 0.578. The number of carbonyl (C=O) groups excluding carboxylic acids is 1. The van der Waals surface area contributed by atoms with Crippen LogP contribution in [0.1, 0.15) is 44.9 Å². The third-order valence-electron chi connectivity index (χ3n) is 5.19. The largest absolute Gasteiger partial charge is 0.464 e. The second kappa shape index (κ2) is 8.04. The molecule has 1 unspecified atom stereocenters. The van der Waals surface area contributed by atoms with Crippen molar-refractivity contribution in [2.75, 3.05) is 6.61 Å². The molecule has 5 nitrogen and oxygen atoms in total. The van der Waals surface area contributed by atoms with E-state index < -0.39 is 26.2 Å². The molecular formula is C20H28FNO4Si. The van der Waals surface area contributed by atoms with Crippen LogP contribution in [0.15, 0.2) is 24.5 Å². The summed E-state index contributed by atoms with van der Waals surface area (Å²) >= 11 is 0. The molecule has 0 fully saturated rings. The van der Waals surface area contributed by atoms with Gasteiger partial charge in [-0.05, 0) is 48.1 Å². The SMILES string of the molecule is CCOC(=O)C(O)c1c(F)cc(CO[Si](C)(C)C(C)(C)C)c2cnccc12. The van der Waals surface area contributed by atoms with Crippen LogP contribution < -0.4 is 0 Å². The lowest BCUT2D eigenvalue weighted by atomic mass is 9.97. The van der Waals surface area contributed by atoms with E-state index in [2.05, 4.69) is 38.8 Å². The van der Waals surface area contributed by atoms with E-state index in [0.29, 0.717) is 16.3 Å². The number of aliphatic hydroxyl groups excluding tert-OH is 1. The number of esters is 1. The molecule has 0 amide bonds. The number of benzene rings is 1. The van der Waals surface area contributed by atoms with Crippen molar-refractivity contribution < 1.29 is 23.5 Å². The molecule has 1 aromatic heterocycles. The molecule has 7 heteroatoms. The van der Waals surface area contributed by atoms with Gasteiger partial charge in [-0.25, -0.2) is 9.18 Å². The number of halogens is 1. The van der Waals surface area contributed by atoms with E-state index >= 15 is 0 Å². The highest BCUT2D eigenvalue weighted by Crippen LogP contribution is 2.38. The van der Waals surface area contributed by atoms with E-state index in [1.165, 1.54) is 12.3 Å². The van der Waals surface area contributed by atoms with Crippen molar-refractivity contribution in [3.05, 3.63) is 41.5 Å². The first kappa shape index (κ1) is 21.5. The Bertz CT molecular complexity index is 833. The maximum absolute atomic E-state index is 14.9. The van der Waals surface area contributed by atoms with Gasteiger partial charge < -0.3 is 14.3 Å². The second-order valence-corrected chi connectivity index (χ2v) is 12.9. The van der Waals surface area contributed by atoms with E-state index in [-0.39, 0.29) is 23.8 Å². The lowest BCUT2D eigenvalue weighted by Crippen LogP contribution is -2.40. The molecule has 1 heterocycles. The number of aromatic nitrogens is 1. The van der Waals surface area contributed by atoms with E-state index in [1.807, 2.05) is 0 Å². The van der Waals surface area contributed by atoms with Crippen molar-refractivity contribution in [1.29, 1.82) is 0 Å². The average molecular weight is 394 g/mol. The Balaban J connectivity index is 2.47. The number of carbonyl (C=O) groups is 1. The summed E-state index contributed by atoms with van der Waals surface area (Å²) in [6, 6.07) is 2.90. The van der Waals surface area contributed by atoms with Crippen molar-refractivity contribution in [2.45, 2.75) is 58.5 Å². The van der Waals surface area contributed by atoms with Gasteiger partial charge in [-0.2, -0.15) is 0 Å². The lowest BCUT2D eigenvalue weighted by Gasteiger charge is -2.36. The van der Waals surface area contributed by atoms with Crippen LogP contribution in [0.3, 0.4) is 0 Å². The standard InChI is InChI=1S/C20H28FNO4Si/c1-7-25-19(24)18(23)17-14-8-9-22-11-15(14)13(10-16(17)21)12-26-27(5,6)20(2,3)4/h8-11,18,23H,7,12H2,1-6H3. The Labute approximate surface area is 160 Å². The fourth-order valence-electron chi connectivity index (χ4n) is 2.53. The molecule has 0 spiro atoms. The van der Waals surface area contributed by atoms with Gasteiger partial charge in [0, 0.05) is 23.3 Å². The predicted molar refractivity (Wildman–Crippen MR) is 105 cm³/mol. The molecule has 0 aliphatic heterocycles. The van der Waals surface area contributed by atoms with E-state index in [0.717, 1.165) is 0 Å². The summed E-state index contributed by atoms with van der Waals surface area (Å²) in [5.74, 6) is -1.54. The number of rotatable bonds is 6. The minimum absolute atomic E-state index is 0.0274. The number of aliphatic hydroxyl groups is 1. The molecule has 2 aromatic rings. The van der Waals surface area contributed by atoms with Gasteiger partial charge >= 0.3 is 5.97 Å². The van der Waals surface area contributed by atoms with Gasteiger partial charge in [0.2, 0.25) is 0 Å². The fourth-order valence-corrected chi connectivity index (χ4v) is 3.48. The van der Waals surface area contributed by atoms with Crippen LogP contribution in [-0.2, 0) is 20.6 Å². The molecule has 0 bridgehead atoms. The number of fused-ring (bicyclic) bond motifs is 1. The second-order valence-electron chi connectivity index (χ2n) is 8.06. The number of hydrogen-bond acceptors (Lipinski definition) is 5. The third-order valence-corrected chi connectivity index (χ3v) is 9.67. The van der Waals surface area contributed by atoms with Crippen LogP contribution in [0.2, 0.25) is 18.1 Å². The topological polar surface area (TPSA) is 68.7 Å². The van der Waals surface area contributed by atoms with Crippen LogP contribution in [0, 0.1) is 5.82 Å². The van der Waals surface area contributed by atoms with Gasteiger partial charge in [0.15, 0.2) is 14.4 Å². The molecule has 2 rings (SSSR count). The third kappa shape index (κ3) is 4.54. The van der Waals surface area contributed by atoms with Gasteiger partial charge in [0.25, 0.3) is 0 Å². The van der Waals surface area contributed by atoms with Crippen LogP contribution in [-0.4, -0.2) is 31.0 Å². The van der Waals surface area contributed by atoms with E-state index in [1.54, 1.807) is 19.2 Å². The number of pyridine rings is 1. The number of nitrogens with zero attached hydrogens (tertiary/aromatic N) is 1. The van der Waals surface area contributed by atoms with Crippen molar-refractivity contribution >= 4 is 25.1 Å². The summed E-state index contributed by atoms with van der Waals surface area (Å²) in [6.45, 7) is 12.6. The molecule has 148 valence electrons. The maximum atomic E-state index is 14.9. The number of ether oxygens (including phenoxy) is 1. The summed E-state index contributed by atoms with van der Waals surface area (Å²) in [5.41, 5.74) is 0.544. The molecule has 1 atom stereocenters. The first-order valence-corrected chi connectivity index (χ1v) is 11.9. The summed E-state index contributed by atoms with van der Waals surface area (Å²) in [7, 11) is -2.02. The fraction of sp³-hybridized carbons (Fsp3) is 0.500. The van der Waals surface area contributed by atoms with Crippen LogP contribution in [0.5, 0.6) is 0 Å². The first-order chi connectivity index (χ1) is 12.5. The molecule has 0 aliphatic carbocycles. The zero-order valence-electron chi connectivity index (χ0n) is 16.8. The summed E-state index contributed by atoms with van der Waals surface area (Å²) < 4.78 is 25.9. The minimum atomic E-state index is -2.02. The minimum Gasteiger partial charge on any atom is -0.464 e. The zero-order chi connectivity index (χ0) is 20.4. The monoisotopic (exact) mass is 393 g/mol. The van der Waals surface area contributed by atoms with Gasteiger partial charge in [-0.15, -0.1) is 0 Å². The van der Waals surface area contributed by atoms with Crippen molar-refractivity contribution in [2.24, 2.45) is 0 Å².